The molecule has 0 bridgehead atoms. The highest BCUT2D eigenvalue weighted by Crippen LogP contribution is 2.36. The van der Waals surface area contributed by atoms with Crippen LogP contribution in [0.5, 0.6) is 23.0 Å². The number of phenols is 2. The molecule has 4 nitrogen and oxygen atoms in total. The van der Waals surface area contributed by atoms with E-state index in [0.717, 1.165) is 0 Å². The highest BCUT2D eigenvalue weighted by atomic mass is 16.5. The summed E-state index contributed by atoms with van der Waals surface area (Å²) in [6.45, 7) is 1.31. The van der Waals surface area contributed by atoms with Gasteiger partial charge in [-0.25, -0.2) is 0 Å². The van der Waals surface area contributed by atoms with Crippen molar-refractivity contribution >= 4 is 5.78 Å². The van der Waals surface area contributed by atoms with Crippen molar-refractivity contribution in [3.05, 3.63) is 48.0 Å². The Morgan fingerprint density at radius 1 is 1.06 bits per heavy atom. The highest BCUT2D eigenvalue weighted by molar-refractivity contribution is 5.97. The van der Waals surface area contributed by atoms with Gasteiger partial charge in [-0.15, -0.1) is 0 Å². The Hall–Kier alpha value is -2.49. The fraction of sp³-hybridized carbons (Fsp3) is 0.0714. The number of aromatic hydroxyl groups is 2. The summed E-state index contributed by atoms with van der Waals surface area (Å²) in [5.41, 5.74) is 0.0629. The van der Waals surface area contributed by atoms with E-state index in [1.807, 2.05) is 6.07 Å². The number of ether oxygens (including phenoxy) is 1. The molecule has 0 radical (unpaired) electrons. The molecule has 92 valence electrons. The van der Waals surface area contributed by atoms with Gasteiger partial charge < -0.3 is 14.9 Å². The lowest BCUT2D eigenvalue weighted by molar-refractivity contribution is 0.101. The Morgan fingerprint density at radius 3 is 2.33 bits per heavy atom. The summed E-state index contributed by atoms with van der Waals surface area (Å²) in [4.78, 5) is 11.2. The Balaban J connectivity index is 2.35. The first-order valence-corrected chi connectivity index (χ1v) is 5.37. The molecule has 0 saturated carbocycles. The molecule has 0 unspecified atom stereocenters. The molecule has 0 spiro atoms. The van der Waals surface area contributed by atoms with Gasteiger partial charge in [0.2, 0.25) is 0 Å². The fourth-order valence-electron chi connectivity index (χ4n) is 1.54. The van der Waals surface area contributed by atoms with Crippen LogP contribution in [-0.4, -0.2) is 16.0 Å². The fourth-order valence-corrected chi connectivity index (χ4v) is 1.54. The minimum Gasteiger partial charge on any atom is -0.507 e. The predicted octanol–water partition coefficient (Wildman–Crippen LogP) is 3.09. The van der Waals surface area contributed by atoms with Crippen LogP contribution in [0.2, 0.25) is 0 Å². The summed E-state index contributed by atoms with van der Waals surface area (Å²) in [6, 6.07) is 11.3. The number of phenolic OH excluding ortho intramolecular Hbond substituents is 2. The lowest BCUT2D eigenvalue weighted by Gasteiger charge is -2.09. The molecule has 0 fully saturated rings. The number of Topliss-reactive ketones (excluding diaryl/α,β-unsaturated/α-hetero) is 1. The van der Waals surface area contributed by atoms with Crippen LogP contribution in [0.1, 0.15) is 17.3 Å². The third kappa shape index (κ3) is 2.43. The maximum absolute atomic E-state index is 11.2. The van der Waals surface area contributed by atoms with Crippen molar-refractivity contribution in [3.63, 3.8) is 0 Å². The van der Waals surface area contributed by atoms with Gasteiger partial charge in [-0.2, -0.15) is 0 Å². The molecule has 18 heavy (non-hydrogen) atoms. The van der Waals surface area contributed by atoms with Crippen molar-refractivity contribution in [3.8, 4) is 23.0 Å². The second-order valence-corrected chi connectivity index (χ2v) is 3.81. The number of hydrogen-bond donors (Lipinski definition) is 2. The summed E-state index contributed by atoms with van der Waals surface area (Å²) in [7, 11) is 0. The monoisotopic (exact) mass is 244 g/mol. The van der Waals surface area contributed by atoms with E-state index < -0.39 is 0 Å². The van der Waals surface area contributed by atoms with E-state index in [4.69, 9.17) is 4.74 Å². The Labute approximate surface area is 104 Å². The molecule has 2 aromatic rings. The van der Waals surface area contributed by atoms with Crippen LogP contribution in [0.15, 0.2) is 42.5 Å². The zero-order valence-electron chi connectivity index (χ0n) is 9.75. The first-order chi connectivity index (χ1) is 8.58. The molecule has 0 aliphatic rings. The van der Waals surface area contributed by atoms with Gasteiger partial charge >= 0.3 is 0 Å². The number of benzene rings is 2. The van der Waals surface area contributed by atoms with Gasteiger partial charge in [0.1, 0.15) is 11.5 Å². The van der Waals surface area contributed by atoms with Crippen molar-refractivity contribution in [1.82, 2.24) is 0 Å². The Bertz CT molecular complexity index is 576. The van der Waals surface area contributed by atoms with Crippen LogP contribution >= 0.6 is 0 Å². The number of para-hydroxylation sites is 1. The van der Waals surface area contributed by atoms with Gasteiger partial charge in [0.05, 0.1) is 5.56 Å². The maximum atomic E-state index is 11.2. The molecule has 2 aromatic carbocycles. The average molecular weight is 244 g/mol. The van der Waals surface area contributed by atoms with E-state index in [1.54, 1.807) is 24.3 Å². The molecular formula is C14H12O4. The normalized spacial score (nSPS) is 10.1. The SMILES string of the molecule is CC(=O)c1cc(O)c(Oc2ccccc2)cc1O. The van der Waals surface area contributed by atoms with Gasteiger partial charge in [0.15, 0.2) is 17.3 Å². The smallest absolute Gasteiger partial charge is 0.172 e. The van der Waals surface area contributed by atoms with E-state index >= 15 is 0 Å². The molecule has 2 N–H and O–H groups in total. The lowest BCUT2D eigenvalue weighted by atomic mass is 10.1. The quantitative estimate of drug-likeness (QED) is 0.643. The van der Waals surface area contributed by atoms with Gasteiger partial charge in [0, 0.05) is 6.07 Å². The first kappa shape index (κ1) is 12.0. The molecule has 0 aromatic heterocycles. The molecule has 0 saturated heterocycles. The first-order valence-electron chi connectivity index (χ1n) is 5.37. The molecule has 0 heterocycles. The van der Waals surface area contributed by atoms with E-state index in [9.17, 15) is 15.0 Å². The molecule has 0 aliphatic heterocycles. The van der Waals surface area contributed by atoms with Crippen molar-refractivity contribution in [1.29, 1.82) is 0 Å². The number of ketones is 1. The topological polar surface area (TPSA) is 66.8 Å². The van der Waals surface area contributed by atoms with E-state index in [0.29, 0.717) is 5.75 Å². The number of carbonyl (C=O) groups excluding carboxylic acids is 1. The maximum Gasteiger partial charge on any atom is 0.172 e. The van der Waals surface area contributed by atoms with Crippen LogP contribution < -0.4 is 4.74 Å². The lowest BCUT2D eigenvalue weighted by Crippen LogP contribution is -1.94. The van der Waals surface area contributed by atoms with Crippen LogP contribution in [0.3, 0.4) is 0 Å². The average Bonchev–Trinajstić information content (AvgIpc) is 2.34. The van der Waals surface area contributed by atoms with Crippen molar-refractivity contribution in [2.75, 3.05) is 0 Å². The molecule has 0 amide bonds. The zero-order valence-corrected chi connectivity index (χ0v) is 9.75. The zero-order chi connectivity index (χ0) is 13.1. The van der Waals surface area contributed by atoms with Gasteiger partial charge in [0.25, 0.3) is 0 Å². The third-order valence-electron chi connectivity index (χ3n) is 2.43. The van der Waals surface area contributed by atoms with E-state index in [1.165, 1.54) is 19.1 Å². The van der Waals surface area contributed by atoms with Gasteiger partial charge in [-0.3, -0.25) is 4.79 Å². The summed E-state index contributed by atoms with van der Waals surface area (Å²) < 4.78 is 5.40. The minimum atomic E-state index is -0.325. The number of rotatable bonds is 3. The van der Waals surface area contributed by atoms with Crippen LogP contribution in [0.4, 0.5) is 0 Å². The second-order valence-electron chi connectivity index (χ2n) is 3.81. The van der Waals surface area contributed by atoms with Crippen molar-refractivity contribution < 1.29 is 19.7 Å². The molecular weight excluding hydrogens is 232 g/mol. The summed E-state index contributed by atoms with van der Waals surface area (Å²) in [6.07, 6.45) is 0. The summed E-state index contributed by atoms with van der Waals surface area (Å²) in [5, 5.41) is 19.4. The molecule has 4 heteroatoms. The van der Waals surface area contributed by atoms with Gasteiger partial charge in [-0.05, 0) is 25.1 Å². The standard InChI is InChI=1S/C14H12O4/c1-9(15)11-7-13(17)14(8-12(11)16)18-10-5-3-2-4-6-10/h2-8,16-17H,1H3. The summed E-state index contributed by atoms with van der Waals surface area (Å²) >= 11 is 0. The molecule has 2 rings (SSSR count). The molecule has 0 atom stereocenters. The van der Waals surface area contributed by atoms with E-state index in [2.05, 4.69) is 0 Å². The Kier molecular flexibility index (Phi) is 3.19. The highest BCUT2D eigenvalue weighted by Gasteiger charge is 2.13. The van der Waals surface area contributed by atoms with Crippen LogP contribution in [-0.2, 0) is 0 Å². The predicted molar refractivity (Wildman–Crippen MR) is 66.3 cm³/mol. The van der Waals surface area contributed by atoms with Crippen LogP contribution in [0, 0.1) is 0 Å². The van der Waals surface area contributed by atoms with E-state index in [-0.39, 0.29) is 28.6 Å². The van der Waals surface area contributed by atoms with Gasteiger partial charge in [-0.1, -0.05) is 18.2 Å². The second kappa shape index (κ2) is 4.79. The van der Waals surface area contributed by atoms with Crippen molar-refractivity contribution in [2.45, 2.75) is 6.92 Å². The number of hydrogen-bond acceptors (Lipinski definition) is 4. The molecule has 0 aliphatic carbocycles. The number of carbonyl (C=O) groups is 1. The minimum absolute atomic E-state index is 0.0629. The third-order valence-corrected chi connectivity index (χ3v) is 2.43. The summed E-state index contributed by atoms with van der Waals surface area (Å²) in [5.74, 6) is -0.103. The Morgan fingerprint density at radius 2 is 1.72 bits per heavy atom. The largest absolute Gasteiger partial charge is 0.507 e. The van der Waals surface area contributed by atoms with Crippen LogP contribution in [0.25, 0.3) is 0 Å². The van der Waals surface area contributed by atoms with Crippen molar-refractivity contribution in [2.24, 2.45) is 0 Å².